The van der Waals surface area contributed by atoms with Gasteiger partial charge in [0.15, 0.2) is 0 Å². The van der Waals surface area contributed by atoms with E-state index in [1.807, 2.05) is 0 Å². The largest absolute Gasteiger partial charge is 0.481 e. The molecule has 0 saturated carbocycles. The zero-order valence-corrected chi connectivity index (χ0v) is 10.7. The van der Waals surface area contributed by atoms with Crippen LogP contribution in [-0.4, -0.2) is 35.5 Å². The van der Waals surface area contributed by atoms with Crippen LogP contribution in [0.15, 0.2) is 18.2 Å². The molecule has 0 bridgehead atoms. The van der Waals surface area contributed by atoms with Crippen molar-refractivity contribution >= 4 is 23.5 Å². The van der Waals surface area contributed by atoms with Crippen molar-refractivity contribution in [2.75, 3.05) is 13.6 Å². The van der Waals surface area contributed by atoms with Gasteiger partial charge >= 0.3 is 5.97 Å². The van der Waals surface area contributed by atoms with Crippen molar-refractivity contribution in [1.29, 1.82) is 0 Å². The SMILES string of the molecule is CC(CN(C)C(=O)c1ccc(F)cc1Cl)C(=O)O. The van der Waals surface area contributed by atoms with Crippen LogP contribution >= 0.6 is 11.6 Å². The van der Waals surface area contributed by atoms with E-state index in [0.29, 0.717) is 0 Å². The normalized spacial score (nSPS) is 12.0. The van der Waals surface area contributed by atoms with E-state index in [2.05, 4.69) is 0 Å². The highest BCUT2D eigenvalue weighted by molar-refractivity contribution is 6.33. The number of benzene rings is 1. The van der Waals surface area contributed by atoms with Crippen LogP contribution < -0.4 is 0 Å². The van der Waals surface area contributed by atoms with E-state index in [1.54, 1.807) is 0 Å². The van der Waals surface area contributed by atoms with Gasteiger partial charge < -0.3 is 10.0 Å². The van der Waals surface area contributed by atoms with E-state index in [4.69, 9.17) is 16.7 Å². The van der Waals surface area contributed by atoms with Crippen molar-refractivity contribution < 1.29 is 19.1 Å². The van der Waals surface area contributed by atoms with Crippen LogP contribution in [0.3, 0.4) is 0 Å². The predicted octanol–water partition coefficient (Wildman–Crippen LogP) is 2.27. The average Bonchev–Trinajstić information content (AvgIpc) is 2.27. The van der Waals surface area contributed by atoms with Gasteiger partial charge in [-0.1, -0.05) is 18.5 Å². The van der Waals surface area contributed by atoms with Gasteiger partial charge in [0.1, 0.15) is 5.82 Å². The first kappa shape index (κ1) is 14.4. The first-order chi connectivity index (χ1) is 8.32. The number of hydrogen-bond acceptors (Lipinski definition) is 2. The molecular formula is C12H13ClFNO3. The highest BCUT2D eigenvalue weighted by Crippen LogP contribution is 2.19. The molecule has 1 aromatic rings. The summed E-state index contributed by atoms with van der Waals surface area (Å²) in [5, 5.41) is 8.77. The summed E-state index contributed by atoms with van der Waals surface area (Å²) in [4.78, 5) is 23.9. The van der Waals surface area contributed by atoms with E-state index in [-0.39, 0.29) is 17.1 Å². The lowest BCUT2D eigenvalue weighted by molar-refractivity contribution is -0.141. The Morgan fingerprint density at radius 3 is 2.61 bits per heavy atom. The molecule has 0 saturated heterocycles. The molecule has 98 valence electrons. The predicted molar refractivity (Wildman–Crippen MR) is 65.2 cm³/mol. The lowest BCUT2D eigenvalue weighted by Crippen LogP contribution is -2.33. The number of halogens is 2. The van der Waals surface area contributed by atoms with Gasteiger partial charge in [-0.3, -0.25) is 9.59 Å². The second-order valence-electron chi connectivity index (χ2n) is 4.05. The van der Waals surface area contributed by atoms with Crippen molar-refractivity contribution in [1.82, 2.24) is 4.90 Å². The fourth-order valence-corrected chi connectivity index (χ4v) is 1.69. The Morgan fingerprint density at radius 2 is 2.11 bits per heavy atom. The molecule has 0 aromatic heterocycles. The third-order valence-corrected chi connectivity index (χ3v) is 2.79. The Labute approximate surface area is 109 Å². The minimum absolute atomic E-state index is 0.00910. The second kappa shape index (κ2) is 5.82. The van der Waals surface area contributed by atoms with Crippen molar-refractivity contribution in [2.45, 2.75) is 6.92 Å². The minimum Gasteiger partial charge on any atom is -0.481 e. The van der Waals surface area contributed by atoms with Gasteiger partial charge in [-0.25, -0.2) is 4.39 Å². The van der Waals surface area contributed by atoms with E-state index in [1.165, 1.54) is 24.9 Å². The number of carboxylic acid groups (broad SMARTS) is 1. The maximum absolute atomic E-state index is 12.8. The lowest BCUT2D eigenvalue weighted by Gasteiger charge is -2.20. The Kier molecular flexibility index (Phi) is 4.67. The molecule has 18 heavy (non-hydrogen) atoms. The maximum atomic E-state index is 12.8. The number of aliphatic carboxylic acids is 1. The van der Waals surface area contributed by atoms with Crippen molar-refractivity contribution in [3.8, 4) is 0 Å². The summed E-state index contributed by atoms with van der Waals surface area (Å²) in [6.45, 7) is 1.56. The number of nitrogens with zero attached hydrogens (tertiary/aromatic N) is 1. The average molecular weight is 274 g/mol. The van der Waals surface area contributed by atoms with E-state index in [9.17, 15) is 14.0 Å². The van der Waals surface area contributed by atoms with Crippen molar-refractivity contribution in [2.24, 2.45) is 5.92 Å². The quantitative estimate of drug-likeness (QED) is 0.915. The van der Waals surface area contributed by atoms with Gasteiger partial charge in [0, 0.05) is 13.6 Å². The highest BCUT2D eigenvalue weighted by atomic mass is 35.5. The number of carbonyl (C=O) groups excluding carboxylic acids is 1. The molecular weight excluding hydrogens is 261 g/mol. The van der Waals surface area contributed by atoms with Crippen LogP contribution in [-0.2, 0) is 4.79 Å². The molecule has 1 N–H and O–H groups in total. The molecule has 1 aromatic carbocycles. The summed E-state index contributed by atoms with van der Waals surface area (Å²) in [7, 11) is 1.47. The Bertz CT molecular complexity index is 478. The molecule has 0 spiro atoms. The van der Waals surface area contributed by atoms with E-state index >= 15 is 0 Å². The zero-order chi connectivity index (χ0) is 13.9. The number of rotatable bonds is 4. The third kappa shape index (κ3) is 3.43. The third-order valence-electron chi connectivity index (χ3n) is 2.48. The Hall–Kier alpha value is -1.62. The van der Waals surface area contributed by atoms with Crippen LogP contribution in [0.25, 0.3) is 0 Å². The van der Waals surface area contributed by atoms with Gasteiger partial charge in [-0.15, -0.1) is 0 Å². The van der Waals surface area contributed by atoms with Gasteiger partial charge in [0.25, 0.3) is 5.91 Å². The zero-order valence-electron chi connectivity index (χ0n) is 9.98. The molecule has 6 heteroatoms. The molecule has 1 rings (SSSR count). The summed E-state index contributed by atoms with van der Waals surface area (Å²) >= 11 is 5.76. The standard InChI is InChI=1S/C12H13ClFNO3/c1-7(12(17)18)6-15(2)11(16)9-4-3-8(14)5-10(9)13/h3-5,7H,6H2,1-2H3,(H,17,18). The lowest BCUT2D eigenvalue weighted by atomic mass is 10.1. The number of carboxylic acids is 1. The van der Waals surface area contributed by atoms with Crippen molar-refractivity contribution in [3.05, 3.63) is 34.6 Å². The van der Waals surface area contributed by atoms with Gasteiger partial charge in [0.2, 0.25) is 0 Å². The molecule has 1 unspecified atom stereocenters. The fourth-order valence-electron chi connectivity index (χ4n) is 1.44. The first-order valence-electron chi connectivity index (χ1n) is 5.26. The second-order valence-corrected chi connectivity index (χ2v) is 4.46. The highest BCUT2D eigenvalue weighted by Gasteiger charge is 2.20. The van der Waals surface area contributed by atoms with Crippen LogP contribution in [0.5, 0.6) is 0 Å². The molecule has 0 radical (unpaired) electrons. The van der Waals surface area contributed by atoms with Crippen LogP contribution in [0.1, 0.15) is 17.3 Å². The van der Waals surface area contributed by atoms with Crippen LogP contribution in [0.2, 0.25) is 5.02 Å². The summed E-state index contributed by atoms with van der Waals surface area (Å²) in [5.41, 5.74) is 0.151. The van der Waals surface area contributed by atoms with Gasteiger partial charge in [0.05, 0.1) is 16.5 Å². The van der Waals surface area contributed by atoms with E-state index < -0.39 is 23.6 Å². The van der Waals surface area contributed by atoms with Crippen LogP contribution in [0, 0.1) is 11.7 Å². The first-order valence-corrected chi connectivity index (χ1v) is 5.64. The van der Waals surface area contributed by atoms with E-state index in [0.717, 1.165) is 12.1 Å². The summed E-state index contributed by atoms with van der Waals surface area (Å²) in [6, 6.07) is 3.46. The molecule has 1 atom stereocenters. The smallest absolute Gasteiger partial charge is 0.308 e. The molecule has 0 aliphatic carbocycles. The molecule has 0 aliphatic rings. The van der Waals surface area contributed by atoms with Gasteiger partial charge in [-0.05, 0) is 18.2 Å². The number of hydrogen-bond donors (Lipinski definition) is 1. The Morgan fingerprint density at radius 1 is 1.50 bits per heavy atom. The summed E-state index contributed by atoms with van der Waals surface area (Å²) in [6.07, 6.45) is 0. The van der Waals surface area contributed by atoms with Crippen LogP contribution in [0.4, 0.5) is 4.39 Å². The molecule has 4 nitrogen and oxygen atoms in total. The monoisotopic (exact) mass is 273 g/mol. The Balaban J connectivity index is 2.83. The van der Waals surface area contributed by atoms with Gasteiger partial charge in [-0.2, -0.15) is 0 Å². The fraction of sp³-hybridized carbons (Fsp3) is 0.333. The number of amides is 1. The summed E-state index contributed by atoms with van der Waals surface area (Å²) < 4.78 is 12.8. The van der Waals surface area contributed by atoms with Crippen molar-refractivity contribution in [3.63, 3.8) is 0 Å². The summed E-state index contributed by atoms with van der Waals surface area (Å²) in [5.74, 6) is -2.63. The minimum atomic E-state index is -0.986. The topological polar surface area (TPSA) is 57.6 Å². The molecule has 1 amide bonds. The molecule has 0 heterocycles. The maximum Gasteiger partial charge on any atom is 0.308 e. The number of carbonyl (C=O) groups is 2. The molecule has 0 aliphatic heterocycles. The molecule has 0 fully saturated rings.